The highest BCUT2D eigenvalue weighted by Crippen LogP contribution is 2.64. The van der Waals surface area contributed by atoms with Crippen molar-refractivity contribution in [3.63, 3.8) is 0 Å². The standard InChI is InChI=1S/C34H34N7O13PS/c1-49-29-28(23(13-42)53-32(29)40-11-10-25(45)39-34(40)47)54-55(48,56-15-18-2-8-21(9-3-18)51-33(46)19-4-6-20(43)7-5-19)50-14-24-22(44)12-26(52-24)41-17-38-27-30(35)36-16-37-31(27)41/h2-11,16-17,23,26,28-29,32,42-44H,12-15H2,1H3,(H2,35,36,37)(H,39,45,47)/t23-,26-,28?,29?,32-,55?/m1/s1. The van der Waals surface area contributed by atoms with E-state index in [1.54, 1.807) is 16.7 Å². The average Bonchev–Trinajstić information content (AvgIpc) is 3.89. The topological polar surface area (TPSA) is 275 Å². The number of benzene rings is 2. The van der Waals surface area contributed by atoms with Crippen molar-refractivity contribution in [2.45, 2.75) is 42.9 Å². The van der Waals surface area contributed by atoms with Crippen molar-refractivity contribution in [3.05, 3.63) is 117 Å². The molecule has 7 rings (SSSR count). The summed E-state index contributed by atoms with van der Waals surface area (Å²) in [5.41, 5.74) is 6.00. The molecule has 0 spiro atoms. The molecule has 0 radical (unpaired) electrons. The number of methoxy groups -OCH3 is 1. The fourth-order valence-corrected chi connectivity index (χ4v) is 9.26. The van der Waals surface area contributed by atoms with Crippen molar-refractivity contribution in [3.8, 4) is 11.5 Å². The molecule has 6 atom stereocenters. The van der Waals surface area contributed by atoms with E-state index in [-0.39, 0.29) is 46.6 Å². The summed E-state index contributed by atoms with van der Waals surface area (Å²) in [6, 6.07) is 13.0. The van der Waals surface area contributed by atoms with E-state index in [9.17, 15) is 34.3 Å². The average molecular weight is 812 g/mol. The van der Waals surface area contributed by atoms with Crippen molar-refractivity contribution in [1.29, 1.82) is 0 Å². The van der Waals surface area contributed by atoms with Crippen LogP contribution in [0.25, 0.3) is 11.2 Å². The lowest BCUT2D eigenvalue weighted by Crippen LogP contribution is -2.39. The van der Waals surface area contributed by atoms with E-state index >= 15 is 0 Å². The molecule has 3 aromatic heterocycles. The number of nitrogens with two attached hydrogens (primary N) is 1. The molecule has 2 aliphatic heterocycles. The number of aliphatic hydroxyl groups is 2. The zero-order chi connectivity index (χ0) is 39.6. The molecule has 5 aromatic rings. The van der Waals surface area contributed by atoms with Crippen molar-refractivity contribution >= 4 is 41.1 Å². The van der Waals surface area contributed by atoms with Gasteiger partial charge in [-0.3, -0.25) is 28.0 Å². The Morgan fingerprint density at radius 3 is 2.54 bits per heavy atom. The molecule has 3 unspecified atom stereocenters. The molecule has 1 fully saturated rings. The van der Waals surface area contributed by atoms with Gasteiger partial charge in [0.15, 0.2) is 29.7 Å². The molecule has 1 saturated heterocycles. The first-order valence-corrected chi connectivity index (χ1v) is 19.9. The van der Waals surface area contributed by atoms with Crippen LogP contribution < -0.4 is 21.7 Å². The first-order chi connectivity index (χ1) is 26.9. The summed E-state index contributed by atoms with van der Waals surface area (Å²) in [5.74, 6) is -0.477. The largest absolute Gasteiger partial charge is 0.508 e. The zero-order valence-electron chi connectivity index (χ0n) is 29.2. The van der Waals surface area contributed by atoms with E-state index in [1.165, 1.54) is 62.4 Å². The number of phenolic OH excluding ortho intramolecular Hbond substituents is 1. The quantitative estimate of drug-likeness (QED) is 0.0612. The van der Waals surface area contributed by atoms with Crippen molar-refractivity contribution in [1.82, 2.24) is 29.1 Å². The fourth-order valence-electron chi connectivity index (χ4n) is 5.95. The van der Waals surface area contributed by atoms with Gasteiger partial charge < -0.3 is 40.0 Å². The Hall–Kier alpha value is -5.54. The number of aromatic amines is 1. The monoisotopic (exact) mass is 811 g/mol. The Labute approximate surface area is 319 Å². The van der Waals surface area contributed by atoms with Crippen LogP contribution in [0.1, 0.15) is 34.8 Å². The van der Waals surface area contributed by atoms with Crippen molar-refractivity contribution < 1.29 is 52.7 Å². The molecule has 0 saturated carbocycles. The van der Waals surface area contributed by atoms with E-state index in [1.807, 2.05) is 0 Å². The maximum Gasteiger partial charge on any atom is 0.390 e. The van der Waals surface area contributed by atoms with Crippen LogP contribution in [-0.4, -0.2) is 89.0 Å². The summed E-state index contributed by atoms with van der Waals surface area (Å²) in [4.78, 5) is 51.4. The van der Waals surface area contributed by atoms with Crippen LogP contribution in [0.2, 0.25) is 0 Å². The number of hydrogen-bond donors (Lipinski definition) is 5. The Kier molecular flexibility index (Phi) is 11.3. The third kappa shape index (κ3) is 8.19. The highest BCUT2D eigenvalue weighted by molar-refractivity contribution is 8.54. The number of rotatable bonds is 14. The zero-order valence-corrected chi connectivity index (χ0v) is 30.9. The predicted octanol–water partition coefficient (Wildman–Crippen LogP) is 2.92. The van der Waals surface area contributed by atoms with E-state index in [4.69, 9.17) is 33.7 Å². The molecule has 2 aliphatic rings. The molecule has 5 heterocycles. The SMILES string of the molecule is COC1C(OP(=O)(OCC2=C(O)C[C@H](n3cnc4c(N)ncnc43)O2)SCc2ccc(OC(=O)c3ccc(O)cc3)cc2)[C@@H](CO)O[C@H]1n1ccc(=O)[nH]c1=O. The number of ether oxygens (including phenoxy) is 4. The van der Waals surface area contributed by atoms with Gasteiger partial charge in [-0.2, -0.15) is 0 Å². The summed E-state index contributed by atoms with van der Waals surface area (Å²) in [5, 5.41) is 30.7. The lowest BCUT2D eigenvalue weighted by Gasteiger charge is -2.27. The predicted molar refractivity (Wildman–Crippen MR) is 196 cm³/mol. The first-order valence-electron chi connectivity index (χ1n) is 16.7. The summed E-state index contributed by atoms with van der Waals surface area (Å²) in [6.07, 6.45) is -1.73. The summed E-state index contributed by atoms with van der Waals surface area (Å²) < 4.78 is 52.4. The van der Waals surface area contributed by atoms with Gasteiger partial charge in [0.1, 0.15) is 60.3 Å². The van der Waals surface area contributed by atoms with Gasteiger partial charge >= 0.3 is 18.5 Å². The molecule has 6 N–H and O–H groups in total. The van der Waals surface area contributed by atoms with Gasteiger partial charge in [0.05, 0.1) is 18.6 Å². The first kappa shape index (κ1) is 38.7. The number of nitrogens with one attached hydrogen (secondary N) is 1. The van der Waals surface area contributed by atoms with Crippen LogP contribution in [0.15, 0.2) is 94.6 Å². The van der Waals surface area contributed by atoms with E-state index in [2.05, 4.69) is 19.9 Å². The van der Waals surface area contributed by atoms with Crippen LogP contribution in [0.3, 0.4) is 0 Å². The number of esters is 1. The molecule has 0 aliphatic carbocycles. The Balaban J connectivity index is 1.10. The highest BCUT2D eigenvalue weighted by Gasteiger charge is 2.50. The van der Waals surface area contributed by atoms with Gasteiger partial charge in [-0.25, -0.2) is 29.1 Å². The van der Waals surface area contributed by atoms with Crippen molar-refractivity contribution in [2.24, 2.45) is 0 Å². The summed E-state index contributed by atoms with van der Waals surface area (Å²) >= 11 is 0.761. The number of nitrogens with zero attached hydrogens (tertiary/aromatic N) is 5. The van der Waals surface area contributed by atoms with Crippen LogP contribution in [0.5, 0.6) is 11.5 Å². The minimum atomic E-state index is -4.34. The van der Waals surface area contributed by atoms with Gasteiger partial charge in [-0.05, 0) is 53.3 Å². The lowest BCUT2D eigenvalue weighted by atomic mass is 10.1. The van der Waals surface area contributed by atoms with Gasteiger partial charge in [-0.15, -0.1) is 0 Å². The number of phenols is 1. The van der Waals surface area contributed by atoms with Crippen LogP contribution in [-0.2, 0) is 33.6 Å². The smallest absolute Gasteiger partial charge is 0.390 e. The van der Waals surface area contributed by atoms with E-state index < -0.39 is 68.0 Å². The van der Waals surface area contributed by atoms with Crippen LogP contribution in [0.4, 0.5) is 5.82 Å². The number of carbonyl (C=O) groups is 1. The van der Waals surface area contributed by atoms with Crippen LogP contribution in [0, 0.1) is 0 Å². The molecule has 20 nitrogen and oxygen atoms in total. The normalized spacial score (nSPS) is 21.9. The lowest BCUT2D eigenvalue weighted by molar-refractivity contribution is -0.0625. The highest BCUT2D eigenvalue weighted by atomic mass is 32.7. The number of aliphatic hydroxyl groups excluding tert-OH is 2. The Morgan fingerprint density at radius 2 is 1.82 bits per heavy atom. The molecular formula is C34H34N7O13PS. The number of anilines is 1. The second kappa shape index (κ2) is 16.3. The third-order valence-electron chi connectivity index (χ3n) is 8.76. The number of carbonyl (C=O) groups excluding carboxylic acids is 1. The fraction of sp³-hybridized carbons (Fsp3) is 0.294. The summed E-state index contributed by atoms with van der Waals surface area (Å²) in [6.45, 7) is -5.51. The second-order valence-corrected chi connectivity index (χ2v) is 16.4. The molecule has 2 aromatic carbocycles. The number of nitrogen functional groups attached to an aromatic ring is 1. The van der Waals surface area contributed by atoms with Gasteiger partial charge in [0.2, 0.25) is 0 Å². The molecular weight excluding hydrogens is 777 g/mol. The number of H-pyrrole nitrogens is 1. The van der Waals surface area contributed by atoms with E-state index in [0.29, 0.717) is 16.7 Å². The Bertz CT molecular complexity index is 2420. The van der Waals surface area contributed by atoms with Gasteiger partial charge in [0, 0.05) is 25.1 Å². The Morgan fingerprint density at radius 1 is 1.05 bits per heavy atom. The maximum absolute atomic E-state index is 14.7. The number of aromatic hydroxyl groups is 1. The molecule has 56 heavy (non-hydrogen) atoms. The second-order valence-electron chi connectivity index (χ2n) is 12.3. The van der Waals surface area contributed by atoms with Gasteiger partial charge in [-0.1, -0.05) is 12.1 Å². The molecule has 0 amide bonds. The minimum Gasteiger partial charge on any atom is -0.508 e. The summed E-state index contributed by atoms with van der Waals surface area (Å²) in [7, 11) is 1.30. The van der Waals surface area contributed by atoms with Crippen molar-refractivity contribution in [2.75, 3.05) is 26.1 Å². The maximum atomic E-state index is 14.7. The third-order valence-corrected chi connectivity index (χ3v) is 12.4. The molecule has 0 bridgehead atoms. The minimum absolute atomic E-state index is 0.000914. The molecule has 294 valence electrons. The number of hydrogen-bond acceptors (Lipinski definition) is 18. The van der Waals surface area contributed by atoms with Gasteiger partial charge in [0.25, 0.3) is 5.56 Å². The number of imidazole rings is 1. The number of aromatic nitrogens is 6. The molecule has 22 heteroatoms. The number of fused-ring (bicyclic) bond motifs is 1. The van der Waals surface area contributed by atoms with E-state index in [0.717, 1.165) is 22.0 Å². The van der Waals surface area contributed by atoms with Crippen LogP contribution >= 0.6 is 18.2 Å².